The van der Waals surface area contributed by atoms with Crippen molar-refractivity contribution in [3.63, 3.8) is 0 Å². The van der Waals surface area contributed by atoms with Gasteiger partial charge in [0.2, 0.25) is 5.91 Å². The molecule has 7 unspecified atom stereocenters. The second-order valence-electron chi connectivity index (χ2n) is 14.1. The number of aromatic nitrogens is 2. The Balaban J connectivity index is 1.24. The van der Waals surface area contributed by atoms with Gasteiger partial charge in [-0.2, -0.15) is 5.10 Å². The van der Waals surface area contributed by atoms with E-state index in [0.717, 1.165) is 48.2 Å². The second-order valence-corrected chi connectivity index (χ2v) is 14.1. The number of aliphatic hydroxyl groups is 3. The van der Waals surface area contributed by atoms with E-state index in [4.69, 9.17) is 0 Å². The summed E-state index contributed by atoms with van der Waals surface area (Å²) in [5.41, 5.74) is 4.61. The molecule has 0 bridgehead atoms. The monoisotopic (exact) mass is 615 g/mol. The first kappa shape index (κ1) is 31.6. The number of hydrogen-bond acceptors (Lipinski definition) is 5. The minimum absolute atomic E-state index is 0.0166. The van der Waals surface area contributed by atoms with E-state index in [2.05, 4.69) is 30.3 Å². The van der Waals surface area contributed by atoms with Gasteiger partial charge in [0.1, 0.15) is 5.82 Å². The molecule has 2 aromatic carbocycles. The molecular weight excluding hydrogens is 569 g/mol. The Kier molecular flexibility index (Phi) is 9.01. The van der Waals surface area contributed by atoms with E-state index in [1.165, 1.54) is 17.7 Å². The molecule has 2 saturated carbocycles. The van der Waals surface area contributed by atoms with Gasteiger partial charge in [-0.1, -0.05) is 49.8 Å². The van der Waals surface area contributed by atoms with Crippen LogP contribution in [0.5, 0.6) is 0 Å². The van der Waals surface area contributed by atoms with E-state index in [1.807, 2.05) is 41.2 Å². The quantitative estimate of drug-likeness (QED) is 0.249. The van der Waals surface area contributed by atoms with Gasteiger partial charge in [-0.3, -0.25) is 4.79 Å². The van der Waals surface area contributed by atoms with Crippen LogP contribution in [0.2, 0.25) is 0 Å². The maximum Gasteiger partial charge on any atom is 0.220 e. The predicted octanol–water partition coefficient (Wildman–Crippen LogP) is 5.25. The second kappa shape index (κ2) is 12.8. The average Bonchev–Trinajstić information content (AvgIpc) is 3.41. The Bertz CT molecular complexity index is 1520. The lowest BCUT2D eigenvalue weighted by Gasteiger charge is -2.60. The molecule has 0 radical (unpaired) electrons. The van der Waals surface area contributed by atoms with Crippen molar-refractivity contribution in [2.75, 3.05) is 13.2 Å². The van der Waals surface area contributed by atoms with Crippen LogP contribution in [0.25, 0.3) is 11.8 Å². The van der Waals surface area contributed by atoms with Gasteiger partial charge in [0, 0.05) is 13.0 Å². The van der Waals surface area contributed by atoms with Crippen LogP contribution in [0.1, 0.15) is 69.2 Å². The van der Waals surface area contributed by atoms with Crippen molar-refractivity contribution in [3.05, 3.63) is 89.0 Å². The maximum absolute atomic E-state index is 13.6. The topological polar surface area (TPSA) is 108 Å². The van der Waals surface area contributed by atoms with Crippen LogP contribution < -0.4 is 5.32 Å². The smallest absolute Gasteiger partial charge is 0.220 e. The zero-order valence-electron chi connectivity index (χ0n) is 26.3. The SMILES string of the molecule is CC1(CC(=O)NC(CO)Cc2ccccc2)CC(O)C2C(CCC3=Cc4c(cnn4-c4ccc(F)cc4)CC32C)C1CCCO. The normalized spacial score (nSPS) is 29.6. The Hall–Kier alpha value is -3.33. The number of amides is 1. The van der Waals surface area contributed by atoms with Crippen molar-refractivity contribution in [2.45, 2.75) is 77.4 Å². The number of fused-ring (bicyclic) bond motifs is 4. The molecule has 45 heavy (non-hydrogen) atoms. The van der Waals surface area contributed by atoms with Gasteiger partial charge in [0.15, 0.2) is 0 Å². The molecular formula is C37H46FN3O4. The van der Waals surface area contributed by atoms with Crippen LogP contribution in [-0.2, 0) is 17.6 Å². The largest absolute Gasteiger partial charge is 0.396 e. The number of nitrogens with zero attached hydrogens (tertiary/aromatic N) is 2. The fraction of sp³-hybridized carbons (Fsp3) is 0.514. The highest BCUT2D eigenvalue weighted by atomic mass is 19.1. The first-order valence-electron chi connectivity index (χ1n) is 16.4. The molecule has 0 spiro atoms. The fourth-order valence-electron chi connectivity index (χ4n) is 9.19. The highest BCUT2D eigenvalue weighted by molar-refractivity contribution is 5.77. The summed E-state index contributed by atoms with van der Waals surface area (Å²) in [5.74, 6) is -0.0109. The summed E-state index contributed by atoms with van der Waals surface area (Å²) in [5, 5.41) is 39.6. The van der Waals surface area contributed by atoms with Crippen LogP contribution in [0, 0.1) is 34.4 Å². The minimum Gasteiger partial charge on any atom is -0.396 e. The van der Waals surface area contributed by atoms with Gasteiger partial charge in [0.05, 0.1) is 36.3 Å². The zero-order valence-corrected chi connectivity index (χ0v) is 26.3. The van der Waals surface area contributed by atoms with E-state index in [0.29, 0.717) is 19.3 Å². The molecule has 7 nitrogen and oxygen atoms in total. The molecule has 2 fully saturated rings. The number of carbonyl (C=O) groups excluding carboxylic acids is 1. The third-order valence-corrected chi connectivity index (χ3v) is 11.2. The fourth-order valence-corrected chi connectivity index (χ4v) is 9.19. The van der Waals surface area contributed by atoms with Gasteiger partial charge in [-0.05, 0) is 115 Å². The predicted molar refractivity (Wildman–Crippen MR) is 172 cm³/mol. The Morgan fingerprint density at radius 1 is 1.13 bits per heavy atom. The van der Waals surface area contributed by atoms with Gasteiger partial charge in [-0.15, -0.1) is 0 Å². The van der Waals surface area contributed by atoms with Crippen LogP contribution in [0.4, 0.5) is 4.39 Å². The first-order chi connectivity index (χ1) is 21.6. The highest BCUT2D eigenvalue weighted by Crippen LogP contribution is 2.63. The van der Waals surface area contributed by atoms with Crippen LogP contribution >= 0.6 is 0 Å². The van der Waals surface area contributed by atoms with Gasteiger partial charge in [-0.25, -0.2) is 9.07 Å². The molecule has 1 aromatic heterocycles. The van der Waals surface area contributed by atoms with Crippen molar-refractivity contribution in [1.82, 2.24) is 15.1 Å². The number of rotatable bonds is 10. The standard InChI is InChI=1S/C37H46FN3O4/c1-36(21-34(45)40-28(23-43)17-24-7-4-3-5-8-24)20-33(44)35-30(31(36)9-6-16-42)15-10-26-18-32-25(19-37(26,35)2)22-39-41(32)29-13-11-27(38)12-14-29/h3-5,7-8,11-14,18,22,28,30-31,33,35,42-44H,6,9-10,15-17,19-21,23H2,1-2H3,(H,40,45). The summed E-state index contributed by atoms with van der Waals surface area (Å²) >= 11 is 0. The van der Waals surface area contributed by atoms with Crippen LogP contribution in [0.3, 0.4) is 0 Å². The lowest BCUT2D eigenvalue weighted by molar-refractivity contribution is -0.143. The number of halogens is 1. The molecule has 1 amide bonds. The molecule has 3 aliphatic carbocycles. The van der Waals surface area contributed by atoms with Crippen LogP contribution in [0.15, 0.2) is 66.4 Å². The molecule has 7 atom stereocenters. The molecule has 0 saturated heterocycles. The average molecular weight is 616 g/mol. The molecule has 240 valence electrons. The summed E-state index contributed by atoms with van der Waals surface area (Å²) in [4.78, 5) is 13.5. The molecule has 1 heterocycles. The lowest BCUT2D eigenvalue weighted by Crippen LogP contribution is -2.58. The summed E-state index contributed by atoms with van der Waals surface area (Å²) in [6.07, 6.45) is 8.89. The third kappa shape index (κ3) is 6.12. The Morgan fingerprint density at radius 2 is 1.89 bits per heavy atom. The lowest BCUT2D eigenvalue weighted by atomic mass is 9.45. The third-order valence-electron chi connectivity index (χ3n) is 11.2. The van der Waals surface area contributed by atoms with E-state index in [-0.39, 0.29) is 60.6 Å². The van der Waals surface area contributed by atoms with Gasteiger partial charge < -0.3 is 20.6 Å². The zero-order chi connectivity index (χ0) is 31.8. The molecule has 6 rings (SSSR count). The molecule has 4 N–H and O–H groups in total. The maximum atomic E-state index is 13.6. The number of aliphatic hydroxyl groups excluding tert-OH is 3. The number of carbonyl (C=O) groups is 1. The summed E-state index contributed by atoms with van der Waals surface area (Å²) in [6.45, 7) is 4.37. The van der Waals surface area contributed by atoms with Crippen LogP contribution in [-0.4, -0.2) is 56.4 Å². The van der Waals surface area contributed by atoms with Gasteiger partial charge >= 0.3 is 0 Å². The van der Waals surface area contributed by atoms with E-state index in [1.54, 1.807) is 12.1 Å². The number of nitrogens with one attached hydrogen (secondary N) is 1. The molecule has 3 aromatic rings. The van der Waals surface area contributed by atoms with Crippen molar-refractivity contribution < 1.29 is 24.5 Å². The molecule has 0 aliphatic heterocycles. The molecule has 3 aliphatic rings. The van der Waals surface area contributed by atoms with E-state index in [9.17, 15) is 24.5 Å². The van der Waals surface area contributed by atoms with Crippen molar-refractivity contribution >= 4 is 12.0 Å². The van der Waals surface area contributed by atoms with E-state index >= 15 is 0 Å². The minimum atomic E-state index is -0.585. The van der Waals surface area contributed by atoms with E-state index < -0.39 is 11.5 Å². The van der Waals surface area contributed by atoms with Crippen molar-refractivity contribution in [2.24, 2.45) is 28.6 Å². The number of hydrogen-bond donors (Lipinski definition) is 4. The molecule has 8 heteroatoms. The number of allylic oxidation sites excluding steroid dienone is 1. The van der Waals surface area contributed by atoms with Crippen molar-refractivity contribution in [3.8, 4) is 5.69 Å². The van der Waals surface area contributed by atoms with Crippen molar-refractivity contribution in [1.29, 1.82) is 0 Å². The highest BCUT2D eigenvalue weighted by Gasteiger charge is 2.58. The first-order valence-corrected chi connectivity index (χ1v) is 16.4. The summed E-state index contributed by atoms with van der Waals surface area (Å²) in [7, 11) is 0. The Morgan fingerprint density at radius 3 is 2.60 bits per heavy atom. The summed E-state index contributed by atoms with van der Waals surface area (Å²) < 4.78 is 15.5. The van der Waals surface area contributed by atoms with Gasteiger partial charge in [0.25, 0.3) is 0 Å². The summed E-state index contributed by atoms with van der Waals surface area (Å²) in [6, 6.07) is 15.8. The number of benzene rings is 2. The Labute approximate surface area is 265 Å².